The van der Waals surface area contributed by atoms with E-state index in [1.807, 2.05) is 57.5 Å². The quantitative estimate of drug-likeness (QED) is 0.0464. The molecule has 4 aromatic rings. The molecule has 6 rings (SSSR count). The van der Waals surface area contributed by atoms with Gasteiger partial charge in [0, 0.05) is 31.9 Å². The fraction of sp³-hybridized carbons (Fsp3) is 0.453. The lowest BCUT2D eigenvalue weighted by molar-refractivity contribution is -0.144. The lowest BCUT2D eigenvalue weighted by Crippen LogP contribution is -2.57. The third kappa shape index (κ3) is 13.6. The maximum atomic E-state index is 14.0. The number of aliphatic hydroxyl groups excluding tert-OH is 1. The molecule has 378 valence electrons. The van der Waals surface area contributed by atoms with E-state index < -0.39 is 70.0 Å². The minimum absolute atomic E-state index is 0.00409. The predicted molar refractivity (Wildman–Crippen MR) is 268 cm³/mol. The van der Waals surface area contributed by atoms with E-state index >= 15 is 0 Å². The molecule has 2 N–H and O–H groups in total. The van der Waals surface area contributed by atoms with Gasteiger partial charge in [-0.15, -0.1) is 11.3 Å². The van der Waals surface area contributed by atoms with Crippen molar-refractivity contribution in [3.05, 3.63) is 112 Å². The summed E-state index contributed by atoms with van der Waals surface area (Å²) in [7, 11) is 0. The average molecular weight is 1020 g/mol. The average Bonchev–Trinajstić information content (AvgIpc) is 3.99. The van der Waals surface area contributed by atoms with Crippen molar-refractivity contribution < 1.29 is 51.7 Å². The van der Waals surface area contributed by atoms with Crippen LogP contribution in [-0.4, -0.2) is 101 Å². The highest BCUT2D eigenvalue weighted by atomic mass is 32.1. The van der Waals surface area contributed by atoms with Crippen LogP contribution in [0.15, 0.2) is 84.4 Å². The van der Waals surface area contributed by atoms with Crippen molar-refractivity contribution in [1.82, 2.24) is 15.2 Å². The minimum Gasteiger partial charge on any atom is -0.494 e. The van der Waals surface area contributed by atoms with E-state index in [1.54, 1.807) is 67.7 Å². The van der Waals surface area contributed by atoms with Crippen LogP contribution >= 0.6 is 23.6 Å². The largest absolute Gasteiger partial charge is 0.494 e. The molecule has 3 aromatic carbocycles. The van der Waals surface area contributed by atoms with Crippen LogP contribution in [-0.2, 0) is 41.2 Å². The summed E-state index contributed by atoms with van der Waals surface area (Å²) >= 11 is 7.27. The molecule has 0 bridgehead atoms. The fourth-order valence-electron chi connectivity index (χ4n) is 8.73. The minimum atomic E-state index is -4.79. The van der Waals surface area contributed by atoms with E-state index in [0.29, 0.717) is 44.0 Å². The summed E-state index contributed by atoms with van der Waals surface area (Å²) in [5.74, 6) is -1.50. The SMILES string of the molecule is Cc1ncsc1-c1ccc(CCC(=O)[C@@H]2C[C@@H](O)CN2C(=O)[C@@H](NC(=O)COC/C=C\COCCCCOc2ccc(C3C(=S)N(c4ccc(C#N)c(C(F)(F)F)c4)C(=O)C3(C)C)cc2)C(C)(C)C)cc1. The molecule has 1 aromatic heterocycles. The van der Waals surface area contributed by atoms with Crippen LogP contribution in [0.2, 0.25) is 0 Å². The number of amides is 3. The lowest BCUT2D eigenvalue weighted by Gasteiger charge is -2.35. The van der Waals surface area contributed by atoms with Crippen molar-refractivity contribution in [2.45, 2.75) is 104 Å². The number of β-amino-alcohol motifs (C(OH)–C–C–N with tert-alkyl or cyclic N) is 1. The van der Waals surface area contributed by atoms with E-state index in [9.17, 15) is 42.7 Å². The number of aromatic nitrogens is 1. The number of nitriles is 1. The number of hydrogen-bond acceptors (Lipinski definition) is 12. The number of carbonyl (C=O) groups excluding carboxylic acids is 4. The molecule has 2 aliphatic heterocycles. The van der Waals surface area contributed by atoms with E-state index in [1.165, 1.54) is 11.0 Å². The van der Waals surface area contributed by atoms with Crippen molar-refractivity contribution >= 4 is 57.7 Å². The van der Waals surface area contributed by atoms with E-state index in [2.05, 4.69) is 10.3 Å². The van der Waals surface area contributed by atoms with Gasteiger partial charge in [-0.05, 0) is 92.5 Å². The second kappa shape index (κ2) is 23.6. The van der Waals surface area contributed by atoms with Gasteiger partial charge in [-0.2, -0.15) is 18.4 Å². The van der Waals surface area contributed by atoms with Gasteiger partial charge in [0.2, 0.25) is 17.7 Å². The second-order valence-corrected chi connectivity index (χ2v) is 20.6. The summed E-state index contributed by atoms with van der Waals surface area (Å²) in [5, 5.41) is 22.6. The number of likely N-dealkylation sites (tertiary alicyclic amines) is 1. The first kappa shape index (κ1) is 54.5. The molecular formula is C53H60F3N5O8S2. The highest BCUT2D eigenvalue weighted by molar-refractivity contribution is 7.80. The lowest BCUT2D eigenvalue weighted by atomic mass is 9.77. The summed E-state index contributed by atoms with van der Waals surface area (Å²) in [6.07, 6.45) is 0.127. The number of hydrogen-bond donors (Lipinski definition) is 2. The number of thiocarbonyl (C=S) groups is 1. The number of alkyl halides is 3. The molecule has 3 amide bonds. The van der Waals surface area contributed by atoms with Gasteiger partial charge >= 0.3 is 6.18 Å². The number of nitrogens with one attached hydrogen (secondary N) is 1. The number of aryl methyl sites for hydroxylation is 2. The summed E-state index contributed by atoms with van der Waals surface area (Å²) in [5.41, 5.74) is 2.06. The monoisotopic (exact) mass is 1020 g/mol. The smallest absolute Gasteiger partial charge is 0.417 e. The Hall–Kier alpha value is -5.84. The molecule has 3 heterocycles. The van der Waals surface area contributed by atoms with Crippen LogP contribution in [0.3, 0.4) is 0 Å². The number of halogens is 3. The van der Waals surface area contributed by atoms with Gasteiger partial charge in [0.25, 0.3) is 0 Å². The maximum absolute atomic E-state index is 14.0. The van der Waals surface area contributed by atoms with Gasteiger partial charge in [-0.3, -0.25) is 24.1 Å². The highest BCUT2D eigenvalue weighted by Gasteiger charge is 2.52. The molecule has 2 saturated heterocycles. The standard InChI is InChI=1S/C53H60F3N5O8S2/c1-33-46(71-32-58-33)36-14-11-34(12-15-36)13-22-43(63)42-28-39(62)30-60(42)48(65)47(51(2,3)4)59-44(64)31-68-25-8-7-23-67-24-9-10-26-69-40-20-17-35(18-21-40)45-49(70)61(50(66)52(45,5)6)38-19-16-37(29-57)41(27-38)53(54,55)56/h7-8,11-12,14-21,27,32,39,42,45,47,62H,9-10,13,22-26,28,30-31H2,1-6H3,(H,59,64)/b8-7-/t39-,42+,45?,47-/m1/s1. The zero-order valence-electron chi connectivity index (χ0n) is 40.7. The number of ketones is 1. The van der Waals surface area contributed by atoms with Crippen LogP contribution in [0, 0.1) is 29.1 Å². The number of unbranched alkanes of at least 4 members (excludes halogenated alkanes) is 1. The molecule has 2 aliphatic rings. The Labute approximate surface area is 422 Å². The molecule has 13 nitrogen and oxygen atoms in total. The van der Waals surface area contributed by atoms with Crippen molar-refractivity contribution in [2.24, 2.45) is 10.8 Å². The van der Waals surface area contributed by atoms with Crippen LogP contribution in [0.1, 0.15) is 94.2 Å². The van der Waals surface area contributed by atoms with Gasteiger partial charge in [-0.1, -0.05) is 81.5 Å². The Morgan fingerprint density at radius 3 is 2.32 bits per heavy atom. The molecule has 0 aliphatic carbocycles. The summed E-state index contributed by atoms with van der Waals surface area (Å²) in [6, 6.07) is 18.0. The number of benzene rings is 3. The number of thiazole rings is 1. The number of ether oxygens (including phenoxy) is 3. The van der Waals surface area contributed by atoms with E-state index in [4.69, 9.17) is 26.4 Å². The topological polar surface area (TPSA) is 171 Å². The van der Waals surface area contributed by atoms with Crippen LogP contribution in [0.5, 0.6) is 5.75 Å². The second-order valence-electron chi connectivity index (χ2n) is 19.4. The summed E-state index contributed by atoms with van der Waals surface area (Å²) in [6.45, 7) is 11.9. The normalized spacial score (nSPS) is 18.5. The first-order chi connectivity index (χ1) is 33.6. The molecule has 71 heavy (non-hydrogen) atoms. The highest BCUT2D eigenvalue weighted by Crippen LogP contribution is 2.48. The van der Waals surface area contributed by atoms with Crippen LogP contribution in [0.4, 0.5) is 18.9 Å². The number of nitrogens with zero attached hydrogens (tertiary/aromatic N) is 4. The van der Waals surface area contributed by atoms with Gasteiger partial charge in [0.15, 0.2) is 5.78 Å². The maximum Gasteiger partial charge on any atom is 0.417 e. The molecule has 4 atom stereocenters. The zero-order chi connectivity index (χ0) is 51.7. The van der Waals surface area contributed by atoms with Crippen LogP contribution in [0.25, 0.3) is 10.4 Å². The van der Waals surface area contributed by atoms with Gasteiger partial charge in [0.05, 0.1) is 81.3 Å². The summed E-state index contributed by atoms with van der Waals surface area (Å²) < 4.78 is 58.3. The number of Topliss-reactive ketones (excluding diaryl/α,β-unsaturated/α-hetero) is 1. The first-order valence-electron chi connectivity index (χ1n) is 23.4. The molecular weight excluding hydrogens is 956 g/mol. The number of rotatable bonds is 21. The van der Waals surface area contributed by atoms with Crippen molar-refractivity contribution in [3.63, 3.8) is 0 Å². The number of aliphatic hydroxyl groups is 1. The molecule has 0 saturated carbocycles. The Kier molecular flexibility index (Phi) is 18.1. The summed E-state index contributed by atoms with van der Waals surface area (Å²) in [4.78, 5) is 62.2. The first-order valence-corrected chi connectivity index (χ1v) is 24.7. The van der Waals surface area contributed by atoms with Gasteiger partial charge in [-0.25, -0.2) is 4.98 Å². The van der Waals surface area contributed by atoms with Crippen molar-refractivity contribution in [1.29, 1.82) is 5.26 Å². The van der Waals surface area contributed by atoms with E-state index in [0.717, 1.165) is 45.2 Å². The Morgan fingerprint density at radius 1 is 1.01 bits per heavy atom. The predicted octanol–water partition coefficient (Wildman–Crippen LogP) is 8.94. The number of anilines is 1. The molecule has 0 spiro atoms. The molecule has 2 fully saturated rings. The van der Waals surface area contributed by atoms with E-state index in [-0.39, 0.29) is 49.1 Å². The Morgan fingerprint density at radius 2 is 1.69 bits per heavy atom. The third-order valence-electron chi connectivity index (χ3n) is 12.6. The number of carbonyl (C=O) groups is 4. The Balaban J connectivity index is 0.867. The van der Waals surface area contributed by atoms with Gasteiger partial charge < -0.3 is 29.5 Å². The molecule has 0 radical (unpaired) electrons. The molecule has 18 heteroatoms. The fourth-order valence-corrected chi connectivity index (χ4v) is 10.2. The third-order valence-corrected chi connectivity index (χ3v) is 14.0. The van der Waals surface area contributed by atoms with Crippen LogP contribution < -0.4 is 15.0 Å². The van der Waals surface area contributed by atoms with Crippen molar-refractivity contribution in [3.8, 4) is 22.3 Å². The molecule has 1 unspecified atom stereocenters. The van der Waals surface area contributed by atoms with Gasteiger partial charge in [0.1, 0.15) is 18.4 Å². The van der Waals surface area contributed by atoms with Crippen molar-refractivity contribution in [2.75, 3.05) is 44.5 Å². The Bertz CT molecular complexity index is 2620. The zero-order valence-corrected chi connectivity index (χ0v) is 42.3.